The smallest absolute Gasteiger partial charge is 0.264 e. The molecule has 1 aliphatic carbocycles. The first kappa shape index (κ1) is 19.6. The van der Waals surface area contributed by atoms with Gasteiger partial charge in [0, 0.05) is 17.8 Å². The lowest BCUT2D eigenvalue weighted by molar-refractivity contribution is -0.179. The summed E-state index contributed by atoms with van der Waals surface area (Å²) >= 11 is 0. The van der Waals surface area contributed by atoms with Gasteiger partial charge in [0.2, 0.25) is 0 Å². The van der Waals surface area contributed by atoms with Gasteiger partial charge in [-0.3, -0.25) is 4.98 Å². The molecule has 1 aromatic heterocycles. The maximum absolute atomic E-state index is 15.1. The Morgan fingerprint density at radius 3 is 1.74 bits per heavy atom. The molecule has 0 saturated carbocycles. The Labute approximate surface area is 179 Å². The average molecular weight is 415 g/mol. The SMILES string of the molecule is FC(F)(F)C1(c2ccccc2)CC(c2ccccc2)(c2cccnc2)c2ccccc21. The van der Waals surface area contributed by atoms with Gasteiger partial charge in [0.25, 0.3) is 0 Å². The normalized spacial score (nSPS) is 22.8. The van der Waals surface area contributed by atoms with Crippen LogP contribution in [0.1, 0.15) is 34.2 Å². The van der Waals surface area contributed by atoms with Gasteiger partial charge in [-0.15, -0.1) is 0 Å². The van der Waals surface area contributed by atoms with Crippen LogP contribution in [-0.2, 0) is 10.8 Å². The molecule has 0 radical (unpaired) electrons. The number of nitrogens with zero attached hydrogens (tertiary/aromatic N) is 1. The van der Waals surface area contributed by atoms with Gasteiger partial charge in [0.15, 0.2) is 0 Å². The van der Waals surface area contributed by atoms with Crippen LogP contribution in [-0.4, -0.2) is 11.2 Å². The summed E-state index contributed by atoms with van der Waals surface area (Å²) in [6.07, 6.45) is -1.29. The summed E-state index contributed by atoms with van der Waals surface area (Å²) in [4.78, 5) is 4.27. The highest BCUT2D eigenvalue weighted by atomic mass is 19.4. The molecule has 2 atom stereocenters. The van der Waals surface area contributed by atoms with Crippen molar-refractivity contribution in [3.8, 4) is 0 Å². The van der Waals surface area contributed by atoms with E-state index >= 15 is 13.2 Å². The fourth-order valence-electron chi connectivity index (χ4n) is 5.23. The van der Waals surface area contributed by atoms with Crippen LogP contribution in [0.2, 0.25) is 0 Å². The highest BCUT2D eigenvalue weighted by Crippen LogP contribution is 2.63. The summed E-state index contributed by atoms with van der Waals surface area (Å²) in [7, 11) is 0. The van der Waals surface area contributed by atoms with Gasteiger partial charge in [-0.2, -0.15) is 13.2 Å². The molecule has 3 aromatic carbocycles. The number of aromatic nitrogens is 1. The van der Waals surface area contributed by atoms with Crippen molar-refractivity contribution >= 4 is 0 Å². The van der Waals surface area contributed by atoms with Crippen molar-refractivity contribution in [2.24, 2.45) is 0 Å². The number of pyridine rings is 1. The van der Waals surface area contributed by atoms with Crippen LogP contribution in [0, 0.1) is 0 Å². The Morgan fingerprint density at radius 2 is 1.16 bits per heavy atom. The summed E-state index contributed by atoms with van der Waals surface area (Å²) in [5, 5.41) is 0. The molecule has 0 spiro atoms. The van der Waals surface area contributed by atoms with E-state index in [1.165, 1.54) is 0 Å². The number of alkyl halides is 3. The van der Waals surface area contributed by atoms with Crippen molar-refractivity contribution < 1.29 is 13.2 Å². The van der Waals surface area contributed by atoms with Crippen molar-refractivity contribution in [3.05, 3.63) is 137 Å². The zero-order valence-electron chi connectivity index (χ0n) is 16.7. The molecule has 0 aliphatic heterocycles. The fraction of sp³-hybridized carbons (Fsp3) is 0.148. The molecule has 154 valence electrons. The van der Waals surface area contributed by atoms with Gasteiger partial charge in [0.1, 0.15) is 5.41 Å². The fourth-order valence-corrected chi connectivity index (χ4v) is 5.23. The number of rotatable bonds is 3. The lowest BCUT2D eigenvalue weighted by Gasteiger charge is -2.37. The molecule has 0 saturated heterocycles. The molecule has 1 nitrogen and oxygen atoms in total. The molecule has 1 heterocycles. The van der Waals surface area contributed by atoms with Crippen LogP contribution >= 0.6 is 0 Å². The first-order valence-corrected chi connectivity index (χ1v) is 10.2. The van der Waals surface area contributed by atoms with E-state index in [9.17, 15) is 0 Å². The minimum Gasteiger partial charge on any atom is -0.264 e. The molecule has 4 aromatic rings. The second-order valence-electron chi connectivity index (χ2n) is 8.00. The summed E-state index contributed by atoms with van der Waals surface area (Å²) < 4.78 is 45.4. The zero-order chi connectivity index (χ0) is 21.5. The second-order valence-corrected chi connectivity index (χ2v) is 8.00. The molecule has 0 fully saturated rings. The van der Waals surface area contributed by atoms with Crippen molar-refractivity contribution in [2.45, 2.75) is 23.4 Å². The molecule has 0 N–H and O–H groups in total. The lowest BCUT2D eigenvalue weighted by atomic mass is 9.67. The average Bonchev–Trinajstić information content (AvgIpc) is 3.14. The topological polar surface area (TPSA) is 12.9 Å². The van der Waals surface area contributed by atoms with E-state index in [0.717, 1.165) is 11.1 Å². The minimum absolute atomic E-state index is 0.150. The molecule has 1 aliphatic rings. The number of hydrogen-bond donors (Lipinski definition) is 0. The molecule has 4 heteroatoms. The largest absolute Gasteiger partial charge is 0.402 e. The third-order valence-electron chi connectivity index (χ3n) is 6.55. The minimum atomic E-state index is -4.48. The number of benzene rings is 3. The molecule has 5 rings (SSSR count). The second kappa shape index (κ2) is 7.09. The van der Waals surface area contributed by atoms with Gasteiger partial charge < -0.3 is 0 Å². The van der Waals surface area contributed by atoms with Crippen molar-refractivity contribution in [1.29, 1.82) is 0 Å². The van der Waals surface area contributed by atoms with E-state index in [0.29, 0.717) is 11.1 Å². The van der Waals surface area contributed by atoms with E-state index in [4.69, 9.17) is 0 Å². The van der Waals surface area contributed by atoms with Crippen LogP contribution < -0.4 is 0 Å². The predicted molar refractivity (Wildman–Crippen MR) is 115 cm³/mol. The first-order chi connectivity index (χ1) is 15.0. The molecule has 0 bridgehead atoms. The Balaban J connectivity index is 1.92. The predicted octanol–water partition coefficient (Wildman–Crippen LogP) is 6.67. The highest BCUT2D eigenvalue weighted by Gasteiger charge is 2.66. The van der Waals surface area contributed by atoms with Crippen molar-refractivity contribution in [2.75, 3.05) is 0 Å². The van der Waals surface area contributed by atoms with Gasteiger partial charge >= 0.3 is 6.18 Å². The molecule has 2 unspecified atom stereocenters. The zero-order valence-corrected chi connectivity index (χ0v) is 16.7. The van der Waals surface area contributed by atoms with E-state index in [-0.39, 0.29) is 12.0 Å². The maximum atomic E-state index is 15.1. The quantitative estimate of drug-likeness (QED) is 0.364. The number of halogens is 3. The lowest BCUT2D eigenvalue weighted by Crippen LogP contribution is -2.43. The van der Waals surface area contributed by atoms with Crippen LogP contribution in [0.3, 0.4) is 0 Å². The molecular weight excluding hydrogens is 395 g/mol. The molecular formula is C27H20F3N. The number of fused-ring (bicyclic) bond motifs is 1. The highest BCUT2D eigenvalue weighted by molar-refractivity contribution is 5.63. The van der Waals surface area contributed by atoms with Gasteiger partial charge in [-0.05, 0) is 40.3 Å². The monoisotopic (exact) mass is 415 g/mol. The van der Waals surface area contributed by atoms with E-state index in [2.05, 4.69) is 4.98 Å². The summed E-state index contributed by atoms with van der Waals surface area (Å²) in [5.41, 5.74) is -0.268. The van der Waals surface area contributed by atoms with Crippen molar-refractivity contribution in [3.63, 3.8) is 0 Å². The van der Waals surface area contributed by atoms with Gasteiger partial charge in [-0.25, -0.2) is 0 Å². The third kappa shape index (κ3) is 2.74. The summed E-state index contributed by atoms with van der Waals surface area (Å²) in [6.45, 7) is 0. The summed E-state index contributed by atoms with van der Waals surface area (Å²) in [6, 6.07) is 28.4. The van der Waals surface area contributed by atoms with Crippen LogP contribution in [0.25, 0.3) is 0 Å². The van der Waals surface area contributed by atoms with E-state index < -0.39 is 17.0 Å². The maximum Gasteiger partial charge on any atom is 0.402 e. The third-order valence-corrected chi connectivity index (χ3v) is 6.55. The Morgan fingerprint density at radius 1 is 0.613 bits per heavy atom. The van der Waals surface area contributed by atoms with Crippen LogP contribution in [0.4, 0.5) is 13.2 Å². The Hall–Kier alpha value is -3.40. The van der Waals surface area contributed by atoms with Crippen LogP contribution in [0.15, 0.2) is 109 Å². The van der Waals surface area contributed by atoms with E-state index in [1.54, 1.807) is 60.9 Å². The van der Waals surface area contributed by atoms with Crippen LogP contribution in [0.5, 0.6) is 0 Å². The van der Waals surface area contributed by atoms with E-state index in [1.807, 2.05) is 48.5 Å². The van der Waals surface area contributed by atoms with Gasteiger partial charge in [-0.1, -0.05) is 91.0 Å². The Bertz CT molecular complexity index is 1150. The van der Waals surface area contributed by atoms with Crippen molar-refractivity contribution in [1.82, 2.24) is 4.98 Å². The standard InChI is InChI=1S/C27H20F3N/c28-27(29,30)26(21-12-5-2-6-13-21)19-25(20-10-3-1-4-11-20,22-14-9-17-31-18-22)23-15-7-8-16-24(23)26/h1-18H,19H2. The first-order valence-electron chi connectivity index (χ1n) is 10.2. The number of hydrogen-bond acceptors (Lipinski definition) is 1. The Kier molecular flexibility index (Phi) is 4.47. The molecule has 0 amide bonds. The summed E-state index contributed by atoms with van der Waals surface area (Å²) in [5.74, 6) is 0. The van der Waals surface area contributed by atoms with Gasteiger partial charge in [0.05, 0.1) is 0 Å². The molecule has 31 heavy (non-hydrogen) atoms.